The van der Waals surface area contributed by atoms with Gasteiger partial charge in [-0.2, -0.15) is 0 Å². The fourth-order valence-corrected chi connectivity index (χ4v) is 3.25. The van der Waals surface area contributed by atoms with Gasteiger partial charge >= 0.3 is 11.8 Å². The molecule has 0 aliphatic rings. The highest BCUT2D eigenvalue weighted by molar-refractivity contribution is 6.35. The Balaban J connectivity index is 1.98. The fourth-order valence-electron chi connectivity index (χ4n) is 3.25. The van der Waals surface area contributed by atoms with Gasteiger partial charge in [0.05, 0.1) is 28.4 Å². The molecule has 2 unspecified atom stereocenters. The summed E-state index contributed by atoms with van der Waals surface area (Å²) < 4.78 is 31.7. The van der Waals surface area contributed by atoms with Crippen LogP contribution in [-0.4, -0.2) is 66.9 Å². The molecule has 2 atom stereocenters. The standard InChI is InChI=1S/C24H32N2O8/c1-29-17-9-7-15(11-19(17)31-3)13-21(33-5)25-23(27)24(28)26-22(34-6)14-16-8-10-18(30-2)20(12-16)32-4/h7-12,21-22H,13-14H2,1-6H3,(H,25,27)(H,26,28). The first-order valence-electron chi connectivity index (χ1n) is 10.5. The lowest BCUT2D eigenvalue weighted by atomic mass is 10.1. The maximum Gasteiger partial charge on any atom is 0.311 e. The van der Waals surface area contributed by atoms with Gasteiger partial charge in [0.2, 0.25) is 0 Å². The van der Waals surface area contributed by atoms with Gasteiger partial charge in [0.1, 0.15) is 12.5 Å². The average Bonchev–Trinajstić information content (AvgIpc) is 2.87. The summed E-state index contributed by atoms with van der Waals surface area (Å²) >= 11 is 0. The molecule has 10 heteroatoms. The van der Waals surface area contributed by atoms with Crippen LogP contribution in [0.15, 0.2) is 36.4 Å². The molecule has 34 heavy (non-hydrogen) atoms. The Kier molecular flexibility index (Phi) is 10.4. The van der Waals surface area contributed by atoms with E-state index < -0.39 is 24.3 Å². The lowest BCUT2D eigenvalue weighted by Gasteiger charge is -2.20. The topological polar surface area (TPSA) is 114 Å². The van der Waals surface area contributed by atoms with Crippen LogP contribution in [0.2, 0.25) is 0 Å². The minimum Gasteiger partial charge on any atom is -0.493 e. The van der Waals surface area contributed by atoms with Crippen LogP contribution in [0, 0.1) is 0 Å². The molecule has 0 heterocycles. The largest absolute Gasteiger partial charge is 0.493 e. The number of carbonyl (C=O) groups is 2. The average molecular weight is 477 g/mol. The zero-order chi connectivity index (χ0) is 25.1. The molecule has 0 aliphatic carbocycles. The molecule has 2 amide bonds. The Morgan fingerprint density at radius 2 is 0.971 bits per heavy atom. The quantitative estimate of drug-likeness (QED) is 0.351. The summed E-state index contributed by atoms with van der Waals surface area (Å²) in [5.74, 6) is 0.588. The van der Waals surface area contributed by atoms with Crippen LogP contribution in [0.1, 0.15) is 11.1 Å². The van der Waals surface area contributed by atoms with E-state index >= 15 is 0 Å². The van der Waals surface area contributed by atoms with E-state index in [-0.39, 0.29) is 0 Å². The zero-order valence-corrected chi connectivity index (χ0v) is 20.3. The smallest absolute Gasteiger partial charge is 0.311 e. The minimum absolute atomic E-state index is 0.315. The molecule has 0 saturated heterocycles. The third-order valence-corrected chi connectivity index (χ3v) is 5.10. The summed E-state index contributed by atoms with van der Waals surface area (Å²) in [7, 11) is 9.06. The van der Waals surface area contributed by atoms with Crippen molar-refractivity contribution in [2.45, 2.75) is 25.3 Å². The van der Waals surface area contributed by atoms with E-state index in [2.05, 4.69) is 10.6 Å². The van der Waals surface area contributed by atoms with E-state index in [0.29, 0.717) is 35.8 Å². The maximum absolute atomic E-state index is 12.5. The number of rotatable bonds is 12. The Morgan fingerprint density at radius 1 is 0.618 bits per heavy atom. The van der Waals surface area contributed by atoms with Gasteiger partial charge < -0.3 is 39.1 Å². The Morgan fingerprint density at radius 3 is 1.26 bits per heavy atom. The number of nitrogens with one attached hydrogen (secondary N) is 2. The molecule has 0 bridgehead atoms. The lowest BCUT2D eigenvalue weighted by Crippen LogP contribution is -2.49. The van der Waals surface area contributed by atoms with Crippen molar-refractivity contribution in [2.75, 3.05) is 42.7 Å². The fraction of sp³-hybridized carbons (Fsp3) is 0.417. The van der Waals surface area contributed by atoms with Gasteiger partial charge in [-0.25, -0.2) is 0 Å². The highest BCUT2D eigenvalue weighted by atomic mass is 16.5. The van der Waals surface area contributed by atoms with Crippen molar-refractivity contribution in [3.05, 3.63) is 47.5 Å². The third kappa shape index (κ3) is 7.26. The molecule has 0 saturated carbocycles. The van der Waals surface area contributed by atoms with Gasteiger partial charge in [-0.15, -0.1) is 0 Å². The molecule has 2 N–H and O–H groups in total. The van der Waals surface area contributed by atoms with Crippen LogP contribution in [0.4, 0.5) is 0 Å². The molecule has 0 aromatic heterocycles. The maximum atomic E-state index is 12.5. The number of hydrogen-bond donors (Lipinski definition) is 2. The van der Waals surface area contributed by atoms with Crippen LogP contribution in [0.5, 0.6) is 23.0 Å². The second kappa shape index (κ2) is 13.3. The highest BCUT2D eigenvalue weighted by Gasteiger charge is 2.22. The highest BCUT2D eigenvalue weighted by Crippen LogP contribution is 2.29. The SMILES string of the molecule is COc1ccc(CC(NC(=O)C(=O)NC(Cc2ccc(OC)c(OC)c2)OC)OC)cc1OC. The molecule has 2 rings (SSSR count). The van der Waals surface area contributed by atoms with Crippen molar-refractivity contribution < 1.29 is 38.0 Å². The number of ether oxygens (including phenoxy) is 6. The van der Waals surface area contributed by atoms with Gasteiger partial charge in [-0.3, -0.25) is 9.59 Å². The van der Waals surface area contributed by atoms with Crippen LogP contribution in [0.25, 0.3) is 0 Å². The van der Waals surface area contributed by atoms with Crippen molar-refractivity contribution >= 4 is 11.8 Å². The molecule has 0 fully saturated rings. The van der Waals surface area contributed by atoms with Crippen molar-refractivity contribution in [1.29, 1.82) is 0 Å². The molecule has 0 aliphatic heterocycles. The van der Waals surface area contributed by atoms with Gasteiger partial charge in [-0.05, 0) is 35.4 Å². The lowest BCUT2D eigenvalue weighted by molar-refractivity contribution is -0.143. The van der Waals surface area contributed by atoms with Gasteiger partial charge in [0.15, 0.2) is 23.0 Å². The van der Waals surface area contributed by atoms with E-state index in [9.17, 15) is 9.59 Å². The second-order valence-corrected chi connectivity index (χ2v) is 7.18. The second-order valence-electron chi connectivity index (χ2n) is 7.18. The first-order chi connectivity index (χ1) is 16.4. The van der Waals surface area contributed by atoms with E-state index in [1.807, 2.05) is 12.1 Å². The zero-order valence-electron chi connectivity index (χ0n) is 20.3. The van der Waals surface area contributed by atoms with Crippen LogP contribution >= 0.6 is 0 Å². The summed E-state index contributed by atoms with van der Waals surface area (Å²) in [6, 6.07) is 10.7. The number of carbonyl (C=O) groups excluding carboxylic acids is 2. The van der Waals surface area contributed by atoms with Gasteiger partial charge in [0, 0.05) is 27.1 Å². The number of amides is 2. The summed E-state index contributed by atoms with van der Waals surface area (Å²) in [6.07, 6.45) is -0.837. The molecular weight excluding hydrogens is 444 g/mol. The predicted octanol–water partition coefficient (Wildman–Crippen LogP) is 1.68. The van der Waals surface area contributed by atoms with Crippen molar-refractivity contribution in [2.24, 2.45) is 0 Å². The molecule has 2 aromatic rings. The first kappa shape index (κ1) is 26.7. The molecule has 186 valence electrons. The normalized spacial score (nSPS) is 12.3. The van der Waals surface area contributed by atoms with E-state index in [4.69, 9.17) is 28.4 Å². The van der Waals surface area contributed by atoms with Gasteiger partial charge in [0.25, 0.3) is 0 Å². The Bertz CT molecular complexity index is 888. The molecule has 0 spiro atoms. The molecular formula is C24H32N2O8. The summed E-state index contributed by atoms with van der Waals surface area (Å²) in [4.78, 5) is 24.9. The molecule has 2 aromatic carbocycles. The molecule has 10 nitrogen and oxygen atoms in total. The summed E-state index contributed by atoms with van der Waals surface area (Å²) in [5, 5.41) is 5.14. The third-order valence-electron chi connectivity index (χ3n) is 5.10. The summed E-state index contributed by atoms with van der Waals surface area (Å²) in [5.41, 5.74) is 1.65. The van der Waals surface area contributed by atoms with Gasteiger partial charge in [-0.1, -0.05) is 12.1 Å². The molecule has 0 radical (unpaired) electrons. The van der Waals surface area contributed by atoms with E-state index in [0.717, 1.165) is 11.1 Å². The monoisotopic (exact) mass is 476 g/mol. The number of methoxy groups -OCH3 is 6. The van der Waals surface area contributed by atoms with Crippen molar-refractivity contribution in [1.82, 2.24) is 10.6 Å². The Labute approximate surface area is 199 Å². The van der Waals surface area contributed by atoms with Crippen LogP contribution in [0.3, 0.4) is 0 Å². The number of benzene rings is 2. The van der Waals surface area contributed by atoms with E-state index in [1.165, 1.54) is 28.4 Å². The minimum atomic E-state index is -0.846. The van der Waals surface area contributed by atoms with Crippen molar-refractivity contribution in [3.63, 3.8) is 0 Å². The van der Waals surface area contributed by atoms with Crippen LogP contribution in [-0.2, 0) is 31.9 Å². The van der Waals surface area contributed by atoms with Crippen molar-refractivity contribution in [3.8, 4) is 23.0 Å². The number of hydrogen-bond acceptors (Lipinski definition) is 8. The summed E-state index contributed by atoms with van der Waals surface area (Å²) in [6.45, 7) is 0. The van der Waals surface area contributed by atoms with Crippen LogP contribution < -0.4 is 29.6 Å². The Hall–Kier alpha value is -3.50. The first-order valence-corrected chi connectivity index (χ1v) is 10.5. The van der Waals surface area contributed by atoms with E-state index in [1.54, 1.807) is 38.5 Å². The predicted molar refractivity (Wildman–Crippen MR) is 124 cm³/mol.